The van der Waals surface area contributed by atoms with Crippen molar-refractivity contribution in [2.45, 2.75) is 430 Å². The third-order valence-electron chi connectivity index (χ3n) is 28.4. The Morgan fingerprint density at radius 1 is 0.205 bits per heavy atom. The molecule has 2 unspecified atom stereocenters. The monoisotopic (exact) mass is 1720 g/mol. The average Bonchev–Trinajstić information content (AvgIpc) is 1.63. The lowest BCUT2D eigenvalue weighted by atomic mass is 9.71. The molecule has 2 atom stereocenters. The SMILES string of the molecule is CC(C)N1CCC2(CCCN(C(=O)OC(C)(C)C)C2)CC1.CC(C)N1CCC2(CCCN2C(=O)OC(C)(C)C)CC1.CC(C)N1CCC2(CCN(C(=O)OC(C)(C)C)C2)CC1.CC(C)N1CCC2(CCN(C(=O)OC(C)(C)C)CC2)CC1.CC(C)N1CCCC2(CCCN2C(=O)OC(C)(C)C)C1.CC(C)N1CCCC2(CCN(C(=O)OC(C)(C)C)C2)C1. The molecule has 12 heterocycles. The number of rotatable bonds is 6. The number of amides is 6. The van der Waals surface area contributed by atoms with Crippen LogP contribution in [-0.2, 0) is 28.4 Å². The third kappa shape index (κ3) is 31.9. The van der Waals surface area contributed by atoms with Crippen molar-refractivity contribution in [3.8, 4) is 0 Å². The number of likely N-dealkylation sites (tertiary alicyclic amines) is 12. The first-order valence-electron chi connectivity index (χ1n) is 48.7. The molecule has 12 aliphatic rings. The summed E-state index contributed by atoms with van der Waals surface area (Å²) in [5, 5.41) is 0. The second-order valence-corrected chi connectivity index (χ2v) is 47.1. The van der Waals surface area contributed by atoms with E-state index in [1.807, 2.05) is 154 Å². The highest BCUT2D eigenvalue weighted by atomic mass is 16.6. The normalized spacial score (nSPS) is 25.2. The standard InChI is InChI=1S/2C17H32N2O2.4C16H30N2O2/c1-14(2)18-10-6-17(7-11-18)8-12-19(13-9-17)15(20)21-16(3,4)5;1-14(2)18-11-8-17(9-12-18)7-6-10-19(13-17)15(20)21-16(3,4)5;1-13(2)17-9-6-16(7-10-17)8-11-18(12-16)14(19)20-15(3,4)5;1-13(2)17-10-6-8-16(12-17)9-7-11-18(16)14(19)20-15(3,4)5;1-13(2)17-11-8-16(9-12-17)7-6-10-18(16)14(19)20-15(3,4)5;1-13(2)17-9-6-7-16(11-17)8-10-18(12-16)14(19)20-15(3,4)5/h2*14H,6-13H2,1-5H3;4*13H,6-12H2,1-5H3. The van der Waals surface area contributed by atoms with Gasteiger partial charge in [0.1, 0.15) is 33.6 Å². The van der Waals surface area contributed by atoms with Gasteiger partial charge in [-0.05, 0) is 418 Å². The van der Waals surface area contributed by atoms with E-state index in [9.17, 15) is 28.8 Å². The van der Waals surface area contributed by atoms with Gasteiger partial charge in [-0.2, -0.15) is 0 Å². The largest absolute Gasteiger partial charge is 0.444 e. The van der Waals surface area contributed by atoms with Crippen LogP contribution < -0.4 is 0 Å². The fourth-order valence-electron chi connectivity index (χ4n) is 21.0. The summed E-state index contributed by atoms with van der Waals surface area (Å²) in [7, 11) is 0. The molecule has 122 heavy (non-hydrogen) atoms. The Kier molecular flexibility index (Phi) is 37.0. The van der Waals surface area contributed by atoms with E-state index in [1.54, 1.807) is 0 Å². The highest BCUT2D eigenvalue weighted by Crippen LogP contribution is 2.47. The van der Waals surface area contributed by atoms with Crippen LogP contribution in [0.1, 0.15) is 349 Å². The summed E-state index contributed by atoms with van der Waals surface area (Å²) < 4.78 is 33.2. The molecule has 24 heteroatoms. The Morgan fingerprint density at radius 2 is 0.434 bits per heavy atom. The van der Waals surface area contributed by atoms with Gasteiger partial charge in [-0.25, -0.2) is 28.8 Å². The van der Waals surface area contributed by atoms with Gasteiger partial charge in [0.2, 0.25) is 0 Å². The smallest absolute Gasteiger partial charge is 0.410 e. The molecule has 24 nitrogen and oxygen atoms in total. The van der Waals surface area contributed by atoms with Gasteiger partial charge in [0.15, 0.2) is 0 Å². The van der Waals surface area contributed by atoms with Gasteiger partial charge in [0.25, 0.3) is 0 Å². The first-order chi connectivity index (χ1) is 56.3. The molecule has 0 aromatic heterocycles. The van der Waals surface area contributed by atoms with Gasteiger partial charge in [-0.3, -0.25) is 4.90 Å². The Morgan fingerprint density at radius 3 is 0.795 bits per heavy atom. The van der Waals surface area contributed by atoms with Crippen molar-refractivity contribution in [3.05, 3.63) is 0 Å². The number of carbonyl (C=O) groups excluding carboxylic acids is 6. The highest BCUT2D eigenvalue weighted by Gasteiger charge is 2.52. The van der Waals surface area contributed by atoms with Crippen molar-refractivity contribution in [2.24, 2.45) is 21.7 Å². The topological polar surface area (TPSA) is 197 Å². The van der Waals surface area contributed by atoms with E-state index in [4.69, 9.17) is 28.4 Å². The third-order valence-corrected chi connectivity index (χ3v) is 28.4. The van der Waals surface area contributed by atoms with Gasteiger partial charge >= 0.3 is 36.6 Å². The molecule has 12 aliphatic heterocycles. The molecule has 6 amide bonds. The van der Waals surface area contributed by atoms with E-state index >= 15 is 0 Å². The van der Waals surface area contributed by atoms with Crippen molar-refractivity contribution in [3.63, 3.8) is 0 Å². The van der Waals surface area contributed by atoms with Crippen LogP contribution in [-0.4, -0.2) is 320 Å². The maximum absolute atomic E-state index is 12.5. The average molecular weight is 1720 g/mol. The second kappa shape index (κ2) is 43.2. The van der Waals surface area contributed by atoms with Crippen LogP contribution in [0.3, 0.4) is 0 Å². The van der Waals surface area contributed by atoms with Crippen LogP contribution in [0, 0.1) is 21.7 Å². The van der Waals surface area contributed by atoms with Gasteiger partial charge in [0.05, 0.1) is 5.54 Å². The molecular formula is C98H184N12O12. The zero-order chi connectivity index (χ0) is 91.2. The van der Waals surface area contributed by atoms with Crippen molar-refractivity contribution in [1.29, 1.82) is 0 Å². The fraction of sp³-hybridized carbons (Fsp3) is 0.939. The van der Waals surface area contributed by atoms with E-state index in [1.165, 1.54) is 110 Å². The molecule has 6 spiro atoms. The van der Waals surface area contributed by atoms with Crippen LogP contribution >= 0.6 is 0 Å². The highest BCUT2D eigenvalue weighted by molar-refractivity contribution is 5.71. The van der Waals surface area contributed by atoms with Crippen LogP contribution in [0.25, 0.3) is 0 Å². The number of piperidine rings is 8. The first-order valence-corrected chi connectivity index (χ1v) is 48.7. The second-order valence-electron chi connectivity index (χ2n) is 47.1. The van der Waals surface area contributed by atoms with Crippen molar-refractivity contribution >= 4 is 36.6 Å². The molecule has 708 valence electrons. The van der Waals surface area contributed by atoms with E-state index < -0.39 is 33.6 Å². The molecule has 12 saturated heterocycles. The number of ether oxygens (including phenoxy) is 6. The van der Waals surface area contributed by atoms with Crippen LogP contribution in [0.2, 0.25) is 0 Å². The Bertz CT molecular complexity index is 3240. The minimum atomic E-state index is -0.409. The fourth-order valence-corrected chi connectivity index (χ4v) is 21.0. The molecule has 0 aromatic carbocycles. The van der Waals surface area contributed by atoms with Crippen molar-refractivity contribution < 1.29 is 57.2 Å². The number of nitrogens with zero attached hydrogens (tertiary/aromatic N) is 12. The van der Waals surface area contributed by atoms with Crippen LogP contribution in [0.15, 0.2) is 0 Å². The predicted molar refractivity (Wildman–Crippen MR) is 494 cm³/mol. The zero-order valence-corrected chi connectivity index (χ0v) is 83.8. The van der Waals surface area contributed by atoms with Gasteiger partial charge in [-0.1, -0.05) is 0 Å². The van der Waals surface area contributed by atoms with E-state index in [0.29, 0.717) is 57.9 Å². The summed E-state index contributed by atoms with van der Waals surface area (Å²) in [4.78, 5) is 101. The molecule has 0 aliphatic carbocycles. The van der Waals surface area contributed by atoms with E-state index in [-0.39, 0.29) is 47.6 Å². The van der Waals surface area contributed by atoms with Gasteiger partial charge < -0.3 is 82.3 Å². The number of carbonyl (C=O) groups is 6. The first kappa shape index (κ1) is 104. The van der Waals surface area contributed by atoms with Crippen molar-refractivity contribution in [2.75, 3.05) is 144 Å². The minimum Gasteiger partial charge on any atom is -0.444 e. The Labute approximate surface area is 744 Å². The van der Waals surface area contributed by atoms with E-state index in [0.717, 1.165) is 175 Å². The summed E-state index contributed by atoms with van der Waals surface area (Å²) in [5.41, 5.74) is -0.855. The minimum absolute atomic E-state index is 0.0187. The summed E-state index contributed by atoms with van der Waals surface area (Å²) in [6.45, 7) is 84.3. The van der Waals surface area contributed by atoms with Gasteiger partial charge in [-0.15, -0.1) is 0 Å². The molecule has 12 fully saturated rings. The number of hydrogen-bond acceptors (Lipinski definition) is 18. The number of hydrogen-bond donors (Lipinski definition) is 0. The Hall–Kier alpha value is -4.62. The van der Waals surface area contributed by atoms with Crippen molar-refractivity contribution in [1.82, 2.24) is 58.8 Å². The molecule has 0 N–H and O–H groups in total. The van der Waals surface area contributed by atoms with Crippen LogP contribution in [0.5, 0.6) is 0 Å². The predicted octanol–water partition coefficient (Wildman–Crippen LogP) is 19.8. The van der Waals surface area contributed by atoms with E-state index in [2.05, 4.69) is 112 Å². The molecular weight excluding hydrogens is 1540 g/mol. The lowest BCUT2D eigenvalue weighted by Gasteiger charge is -2.48. The maximum Gasteiger partial charge on any atom is 0.410 e. The lowest BCUT2D eigenvalue weighted by Crippen LogP contribution is -2.59. The summed E-state index contributed by atoms with van der Waals surface area (Å²) in [6, 6.07) is 3.67. The molecule has 0 bridgehead atoms. The Balaban J connectivity index is 0.000000201. The summed E-state index contributed by atoms with van der Waals surface area (Å²) in [6.07, 6.45) is 25.0. The lowest BCUT2D eigenvalue weighted by molar-refractivity contribution is -0.0150. The summed E-state index contributed by atoms with van der Waals surface area (Å²) in [5.74, 6) is 0. The quantitative estimate of drug-likeness (QED) is 0.227. The molecule has 0 radical (unpaired) electrons. The molecule has 0 saturated carbocycles. The summed E-state index contributed by atoms with van der Waals surface area (Å²) >= 11 is 0. The molecule has 12 rings (SSSR count). The maximum atomic E-state index is 12.5. The molecule has 0 aromatic rings. The zero-order valence-electron chi connectivity index (χ0n) is 83.8. The van der Waals surface area contributed by atoms with Crippen LogP contribution in [0.4, 0.5) is 28.8 Å². The van der Waals surface area contributed by atoms with Gasteiger partial charge in [0, 0.05) is 139 Å².